The van der Waals surface area contributed by atoms with Gasteiger partial charge in [0.25, 0.3) is 5.56 Å². The molecule has 0 bridgehead atoms. The fraction of sp³-hybridized carbons (Fsp3) is 0.421. The topological polar surface area (TPSA) is 96.5 Å². The van der Waals surface area contributed by atoms with Crippen molar-refractivity contribution in [2.24, 2.45) is 0 Å². The zero-order valence-corrected chi connectivity index (χ0v) is 15.6. The molecule has 2 aromatic rings. The number of rotatable bonds is 7. The molecule has 2 N–H and O–H groups in total. The lowest BCUT2D eigenvalue weighted by atomic mass is 10.0. The first-order chi connectivity index (χ1) is 13.5. The van der Waals surface area contributed by atoms with E-state index in [9.17, 15) is 14.0 Å². The van der Waals surface area contributed by atoms with Crippen molar-refractivity contribution in [3.63, 3.8) is 0 Å². The van der Waals surface area contributed by atoms with Crippen molar-refractivity contribution in [2.45, 2.75) is 12.5 Å². The number of hydrogen-bond acceptors (Lipinski definition) is 6. The minimum absolute atomic E-state index is 0.0977. The summed E-state index contributed by atoms with van der Waals surface area (Å²) in [5, 5.41) is 2.85. The number of H-pyrrole nitrogens is 1. The fourth-order valence-corrected chi connectivity index (χ4v) is 3.05. The molecule has 0 aliphatic carbocycles. The number of aromatic amines is 1. The van der Waals surface area contributed by atoms with E-state index < -0.39 is 6.04 Å². The van der Waals surface area contributed by atoms with E-state index in [1.807, 2.05) is 4.90 Å². The third kappa shape index (κ3) is 5.37. The van der Waals surface area contributed by atoms with E-state index in [1.165, 1.54) is 25.3 Å². The molecule has 1 aromatic carbocycles. The van der Waals surface area contributed by atoms with E-state index in [0.29, 0.717) is 43.5 Å². The van der Waals surface area contributed by atoms with Crippen LogP contribution in [0, 0.1) is 5.82 Å². The van der Waals surface area contributed by atoms with Crippen molar-refractivity contribution in [2.75, 3.05) is 44.9 Å². The summed E-state index contributed by atoms with van der Waals surface area (Å²) in [6.07, 6.45) is 0.280. The highest BCUT2D eigenvalue weighted by molar-refractivity contribution is 5.77. The molecular formula is C19H23FN4O4. The fourth-order valence-electron chi connectivity index (χ4n) is 3.05. The van der Waals surface area contributed by atoms with Gasteiger partial charge in [0, 0.05) is 32.7 Å². The maximum Gasteiger partial charge on any atom is 0.252 e. The first kappa shape index (κ1) is 20.0. The molecule has 9 heteroatoms. The van der Waals surface area contributed by atoms with Crippen molar-refractivity contribution in [3.05, 3.63) is 57.8 Å². The number of hydrogen-bond donors (Lipinski definition) is 2. The van der Waals surface area contributed by atoms with Crippen molar-refractivity contribution < 1.29 is 18.7 Å². The van der Waals surface area contributed by atoms with Gasteiger partial charge in [-0.1, -0.05) is 12.1 Å². The Morgan fingerprint density at radius 3 is 2.75 bits per heavy atom. The zero-order valence-electron chi connectivity index (χ0n) is 15.6. The molecule has 1 aliphatic rings. The molecule has 28 heavy (non-hydrogen) atoms. The molecular weight excluding hydrogens is 367 g/mol. The van der Waals surface area contributed by atoms with E-state index >= 15 is 0 Å². The van der Waals surface area contributed by atoms with Crippen LogP contribution in [0.1, 0.15) is 17.3 Å². The van der Waals surface area contributed by atoms with Gasteiger partial charge in [-0.2, -0.15) is 0 Å². The normalized spacial score (nSPS) is 15.3. The highest BCUT2D eigenvalue weighted by atomic mass is 19.1. The van der Waals surface area contributed by atoms with E-state index in [2.05, 4.69) is 15.3 Å². The summed E-state index contributed by atoms with van der Waals surface area (Å²) in [5.74, 6) is -0.198. The second kappa shape index (κ2) is 9.43. The van der Waals surface area contributed by atoms with Gasteiger partial charge in [-0.25, -0.2) is 9.37 Å². The number of nitrogens with one attached hydrogen (secondary N) is 2. The average molecular weight is 390 g/mol. The van der Waals surface area contributed by atoms with Crippen LogP contribution in [0.3, 0.4) is 0 Å². The Balaban J connectivity index is 1.84. The molecule has 1 saturated heterocycles. The molecule has 1 fully saturated rings. The van der Waals surface area contributed by atoms with E-state index in [1.54, 1.807) is 12.1 Å². The van der Waals surface area contributed by atoms with Gasteiger partial charge >= 0.3 is 0 Å². The van der Waals surface area contributed by atoms with E-state index in [-0.39, 0.29) is 30.3 Å². The molecule has 3 rings (SSSR count). The third-order valence-electron chi connectivity index (χ3n) is 4.39. The Bertz CT molecular complexity index is 850. The number of carbonyl (C=O) groups excluding carboxylic acids is 1. The number of methoxy groups -OCH3 is 1. The Kier molecular flexibility index (Phi) is 6.72. The minimum Gasteiger partial charge on any atom is -0.378 e. The second-order valence-corrected chi connectivity index (χ2v) is 6.47. The number of aromatic nitrogens is 2. The van der Waals surface area contributed by atoms with Gasteiger partial charge in [0.15, 0.2) is 0 Å². The smallest absolute Gasteiger partial charge is 0.252 e. The monoisotopic (exact) mass is 390 g/mol. The molecule has 150 valence electrons. The lowest BCUT2D eigenvalue weighted by molar-refractivity contribution is -0.125. The van der Waals surface area contributed by atoms with Gasteiger partial charge in [0.1, 0.15) is 12.4 Å². The second-order valence-electron chi connectivity index (χ2n) is 6.47. The number of benzene rings is 1. The van der Waals surface area contributed by atoms with Crippen LogP contribution < -0.4 is 15.8 Å². The van der Waals surface area contributed by atoms with Gasteiger partial charge in [-0.15, -0.1) is 0 Å². The van der Waals surface area contributed by atoms with Gasteiger partial charge in [0.2, 0.25) is 11.9 Å². The lowest BCUT2D eigenvalue weighted by Gasteiger charge is -2.27. The number of halogens is 1. The Morgan fingerprint density at radius 2 is 2.07 bits per heavy atom. The predicted molar refractivity (Wildman–Crippen MR) is 101 cm³/mol. The summed E-state index contributed by atoms with van der Waals surface area (Å²) in [7, 11) is 1.43. The standard InChI is InChI=1S/C19H23FN4O4/c1-27-12-18(26)22-16(13-2-4-14(20)5-3-13)10-15-11-17(25)23-19(21-15)24-6-8-28-9-7-24/h2-5,11,16H,6-10,12H2,1H3,(H,22,26)(H,21,23,25). The maximum absolute atomic E-state index is 13.3. The molecule has 1 amide bonds. The van der Waals surface area contributed by atoms with Crippen molar-refractivity contribution in [1.29, 1.82) is 0 Å². The first-order valence-electron chi connectivity index (χ1n) is 9.02. The SMILES string of the molecule is COCC(=O)NC(Cc1cc(=O)[nH]c(N2CCOCC2)n1)c1ccc(F)cc1. The first-order valence-corrected chi connectivity index (χ1v) is 9.02. The Morgan fingerprint density at radius 1 is 1.36 bits per heavy atom. The van der Waals surface area contributed by atoms with Crippen LogP contribution in [0.2, 0.25) is 0 Å². The number of morpholine rings is 1. The number of carbonyl (C=O) groups is 1. The number of amides is 1. The Hall–Kier alpha value is -2.78. The van der Waals surface area contributed by atoms with Crippen LogP contribution in [-0.4, -0.2) is 55.9 Å². The van der Waals surface area contributed by atoms with Crippen LogP contribution in [-0.2, 0) is 20.7 Å². The molecule has 0 radical (unpaired) electrons. The summed E-state index contributed by atoms with van der Waals surface area (Å²) in [6.45, 7) is 2.31. The van der Waals surface area contributed by atoms with Crippen molar-refractivity contribution in [3.8, 4) is 0 Å². The van der Waals surface area contributed by atoms with Gasteiger partial charge < -0.3 is 19.7 Å². The molecule has 1 aliphatic heterocycles. The molecule has 0 spiro atoms. The van der Waals surface area contributed by atoms with Gasteiger partial charge in [-0.3, -0.25) is 14.6 Å². The highest BCUT2D eigenvalue weighted by Gasteiger charge is 2.19. The molecule has 0 saturated carbocycles. The summed E-state index contributed by atoms with van der Waals surface area (Å²) in [4.78, 5) is 33.4. The summed E-state index contributed by atoms with van der Waals surface area (Å²) in [6, 6.07) is 6.79. The number of anilines is 1. The predicted octanol–water partition coefficient (Wildman–Crippen LogP) is 0.792. The van der Waals surface area contributed by atoms with Crippen molar-refractivity contribution >= 4 is 11.9 Å². The average Bonchev–Trinajstić information content (AvgIpc) is 2.68. The maximum atomic E-state index is 13.3. The van der Waals surface area contributed by atoms with Crippen molar-refractivity contribution in [1.82, 2.24) is 15.3 Å². The van der Waals surface area contributed by atoms with Crippen LogP contribution in [0.25, 0.3) is 0 Å². The summed E-state index contributed by atoms with van der Waals surface area (Å²) in [5.41, 5.74) is 0.964. The zero-order chi connectivity index (χ0) is 19.9. The molecule has 1 atom stereocenters. The van der Waals surface area contributed by atoms with Gasteiger partial charge in [-0.05, 0) is 17.7 Å². The van der Waals surface area contributed by atoms with Gasteiger partial charge in [0.05, 0.1) is 24.9 Å². The third-order valence-corrected chi connectivity index (χ3v) is 4.39. The Labute approximate surface area is 161 Å². The van der Waals surface area contributed by atoms with E-state index in [0.717, 1.165) is 0 Å². The highest BCUT2D eigenvalue weighted by Crippen LogP contribution is 2.19. The molecule has 2 heterocycles. The van der Waals surface area contributed by atoms with Crippen LogP contribution in [0.15, 0.2) is 35.1 Å². The number of ether oxygens (including phenoxy) is 2. The quantitative estimate of drug-likeness (QED) is 0.726. The van der Waals surface area contributed by atoms with Crippen LogP contribution in [0.4, 0.5) is 10.3 Å². The molecule has 8 nitrogen and oxygen atoms in total. The lowest BCUT2D eigenvalue weighted by Crippen LogP contribution is -2.38. The molecule has 1 aromatic heterocycles. The van der Waals surface area contributed by atoms with E-state index in [4.69, 9.17) is 9.47 Å². The summed E-state index contributed by atoms with van der Waals surface area (Å²) < 4.78 is 23.5. The largest absolute Gasteiger partial charge is 0.378 e. The number of nitrogens with zero attached hydrogens (tertiary/aromatic N) is 2. The minimum atomic E-state index is -0.477. The van der Waals surface area contributed by atoms with Crippen LogP contribution >= 0.6 is 0 Å². The molecule has 1 unspecified atom stereocenters. The van der Waals surface area contributed by atoms with Crippen LogP contribution in [0.5, 0.6) is 0 Å². The summed E-state index contributed by atoms with van der Waals surface area (Å²) >= 11 is 0.